The van der Waals surface area contributed by atoms with Gasteiger partial charge in [0.2, 0.25) is 0 Å². The highest BCUT2D eigenvalue weighted by Gasteiger charge is 2.09. The van der Waals surface area contributed by atoms with Crippen molar-refractivity contribution in [2.24, 2.45) is 0 Å². The molecule has 0 unspecified atom stereocenters. The highest BCUT2D eigenvalue weighted by molar-refractivity contribution is 7.22. The molecular weight excluding hydrogens is 310 g/mol. The molecule has 1 aromatic heterocycles. The molecule has 0 atom stereocenters. The van der Waals surface area contributed by atoms with Crippen molar-refractivity contribution in [3.63, 3.8) is 0 Å². The van der Waals surface area contributed by atoms with E-state index in [0.717, 1.165) is 21.7 Å². The number of nitrogens with one attached hydrogen (secondary N) is 1. The smallest absolute Gasteiger partial charge is 0.255 e. The summed E-state index contributed by atoms with van der Waals surface area (Å²) < 4.78 is 6.48. The van der Waals surface area contributed by atoms with Crippen LogP contribution >= 0.6 is 11.3 Å². The van der Waals surface area contributed by atoms with Gasteiger partial charge in [-0.3, -0.25) is 4.79 Å². The van der Waals surface area contributed by atoms with Gasteiger partial charge in [-0.2, -0.15) is 0 Å². The minimum absolute atomic E-state index is 0.119. The first-order valence-electron chi connectivity index (χ1n) is 7.25. The third-order valence-electron chi connectivity index (χ3n) is 3.15. The number of carbonyl (C=O) groups is 1. The summed E-state index contributed by atoms with van der Waals surface area (Å²) in [6, 6.07) is 12.7. The molecule has 0 saturated heterocycles. The van der Waals surface area contributed by atoms with E-state index < -0.39 is 0 Å². The molecule has 118 valence electrons. The first kappa shape index (κ1) is 15.3. The van der Waals surface area contributed by atoms with Crippen molar-refractivity contribution in [1.29, 1.82) is 0 Å². The molecule has 3 N–H and O–H groups in total. The van der Waals surface area contributed by atoms with Crippen molar-refractivity contribution in [1.82, 2.24) is 4.98 Å². The van der Waals surface area contributed by atoms with Crippen molar-refractivity contribution in [2.75, 3.05) is 11.1 Å². The van der Waals surface area contributed by atoms with Crippen molar-refractivity contribution in [3.8, 4) is 5.75 Å². The van der Waals surface area contributed by atoms with E-state index in [1.54, 1.807) is 18.2 Å². The maximum Gasteiger partial charge on any atom is 0.255 e. The van der Waals surface area contributed by atoms with Crippen LogP contribution in [-0.2, 0) is 0 Å². The number of nitrogens with two attached hydrogens (primary N) is 1. The molecule has 0 aliphatic heterocycles. The van der Waals surface area contributed by atoms with Gasteiger partial charge in [-0.25, -0.2) is 4.98 Å². The van der Waals surface area contributed by atoms with E-state index >= 15 is 0 Å². The minimum Gasteiger partial charge on any atom is -0.491 e. The molecule has 5 nitrogen and oxygen atoms in total. The number of carbonyl (C=O) groups excluding carboxylic acids is 1. The maximum absolute atomic E-state index is 12.3. The van der Waals surface area contributed by atoms with Crippen LogP contribution in [0.4, 0.5) is 10.8 Å². The summed E-state index contributed by atoms with van der Waals surface area (Å²) in [5.74, 6) is 0.607. The van der Waals surface area contributed by atoms with Crippen LogP contribution in [0.2, 0.25) is 0 Å². The fraction of sp³-hybridized carbons (Fsp3) is 0.176. The third kappa shape index (κ3) is 3.60. The molecule has 0 aliphatic carbocycles. The molecule has 0 bridgehead atoms. The zero-order chi connectivity index (χ0) is 16.4. The van der Waals surface area contributed by atoms with E-state index in [0.29, 0.717) is 10.7 Å². The molecule has 1 amide bonds. The lowest BCUT2D eigenvalue weighted by Crippen LogP contribution is -2.11. The first-order chi connectivity index (χ1) is 11.0. The number of nitrogens with zero attached hydrogens (tertiary/aromatic N) is 1. The molecule has 3 rings (SSSR count). The quantitative estimate of drug-likeness (QED) is 0.761. The van der Waals surface area contributed by atoms with Crippen LogP contribution in [-0.4, -0.2) is 17.0 Å². The van der Waals surface area contributed by atoms with Gasteiger partial charge in [0.05, 0.1) is 16.3 Å². The summed E-state index contributed by atoms with van der Waals surface area (Å²) in [4.78, 5) is 16.5. The summed E-state index contributed by atoms with van der Waals surface area (Å²) in [5, 5.41) is 3.37. The van der Waals surface area contributed by atoms with Crippen molar-refractivity contribution >= 4 is 38.3 Å². The Balaban J connectivity index is 1.74. The van der Waals surface area contributed by atoms with Crippen LogP contribution < -0.4 is 15.8 Å². The summed E-state index contributed by atoms with van der Waals surface area (Å²) in [7, 11) is 0. The molecule has 6 heteroatoms. The number of rotatable bonds is 4. The molecule has 0 saturated carbocycles. The molecule has 2 aromatic carbocycles. The van der Waals surface area contributed by atoms with Crippen LogP contribution in [0.25, 0.3) is 10.2 Å². The maximum atomic E-state index is 12.3. The molecule has 1 heterocycles. The SMILES string of the molecule is CC(C)Oc1ccc(NC(=O)c2ccc3nc(N)sc3c2)cc1. The Labute approximate surface area is 138 Å². The lowest BCUT2D eigenvalue weighted by molar-refractivity contribution is 0.102. The second kappa shape index (κ2) is 6.26. The second-order valence-corrected chi connectivity index (χ2v) is 6.44. The summed E-state index contributed by atoms with van der Waals surface area (Å²) in [6.07, 6.45) is 0.119. The normalized spacial score (nSPS) is 10.9. The zero-order valence-corrected chi connectivity index (χ0v) is 13.7. The Morgan fingerprint density at radius 3 is 2.65 bits per heavy atom. The van der Waals surface area contributed by atoms with Crippen molar-refractivity contribution in [2.45, 2.75) is 20.0 Å². The molecule has 0 fully saturated rings. The van der Waals surface area contributed by atoms with Gasteiger partial charge in [-0.15, -0.1) is 0 Å². The fourth-order valence-corrected chi connectivity index (χ4v) is 2.95. The predicted molar refractivity (Wildman–Crippen MR) is 94.2 cm³/mol. The Hall–Kier alpha value is -2.60. The number of nitrogen functional groups attached to an aromatic ring is 1. The number of amides is 1. The highest BCUT2D eigenvalue weighted by atomic mass is 32.1. The lowest BCUT2D eigenvalue weighted by atomic mass is 10.2. The summed E-state index contributed by atoms with van der Waals surface area (Å²) in [6.45, 7) is 3.94. The van der Waals surface area contributed by atoms with Crippen LogP contribution in [0, 0.1) is 0 Å². The Morgan fingerprint density at radius 1 is 1.22 bits per heavy atom. The van der Waals surface area contributed by atoms with E-state index in [1.165, 1.54) is 11.3 Å². The first-order valence-corrected chi connectivity index (χ1v) is 8.07. The minimum atomic E-state index is -0.170. The number of aromatic nitrogens is 1. The Morgan fingerprint density at radius 2 is 1.96 bits per heavy atom. The average molecular weight is 327 g/mol. The van der Waals surface area contributed by atoms with Gasteiger partial charge in [-0.05, 0) is 56.3 Å². The van der Waals surface area contributed by atoms with E-state index in [-0.39, 0.29) is 12.0 Å². The summed E-state index contributed by atoms with van der Waals surface area (Å²) in [5.41, 5.74) is 7.78. The van der Waals surface area contributed by atoms with Gasteiger partial charge in [-0.1, -0.05) is 11.3 Å². The third-order valence-corrected chi connectivity index (χ3v) is 4.00. The molecule has 0 radical (unpaired) electrons. The molecule has 0 aliphatic rings. The number of ether oxygens (including phenoxy) is 1. The molecule has 0 spiro atoms. The van der Waals surface area contributed by atoms with Crippen LogP contribution in [0.15, 0.2) is 42.5 Å². The summed E-state index contributed by atoms with van der Waals surface area (Å²) >= 11 is 1.37. The van der Waals surface area contributed by atoms with Gasteiger partial charge in [0.15, 0.2) is 5.13 Å². The largest absolute Gasteiger partial charge is 0.491 e. The van der Waals surface area contributed by atoms with E-state index in [1.807, 2.05) is 38.1 Å². The average Bonchev–Trinajstić information content (AvgIpc) is 2.87. The highest BCUT2D eigenvalue weighted by Crippen LogP contribution is 2.25. The fourth-order valence-electron chi connectivity index (χ4n) is 2.18. The van der Waals surface area contributed by atoms with Crippen molar-refractivity contribution < 1.29 is 9.53 Å². The van der Waals surface area contributed by atoms with Gasteiger partial charge < -0.3 is 15.8 Å². The Bertz CT molecular complexity index is 841. The number of hydrogen-bond donors (Lipinski definition) is 2. The number of benzene rings is 2. The van der Waals surface area contributed by atoms with Crippen LogP contribution in [0.1, 0.15) is 24.2 Å². The molecule has 3 aromatic rings. The van der Waals surface area contributed by atoms with E-state index in [2.05, 4.69) is 10.3 Å². The Kier molecular flexibility index (Phi) is 4.16. The van der Waals surface area contributed by atoms with Crippen LogP contribution in [0.5, 0.6) is 5.75 Å². The number of hydrogen-bond acceptors (Lipinski definition) is 5. The number of anilines is 2. The number of thiazole rings is 1. The topological polar surface area (TPSA) is 77.2 Å². The van der Waals surface area contributed by atoms with Crippen molar-refractivity contribution in [3.05, 3.63) is 48.0 Å². The van der Waals surface area contributed by atoms with Gasteiger partial charge in [0.1, 0.15) is 5.75 Å². The monoisotopic (exact) mass is 327 g/mol. The lowest BCUT2D eigenvalue weighted by Gasteiger charge is -2.10. The predicted octanol–water partition coefficient (Wildman–Crippen LogP) is 3.92. The van der Waals surface area contributed by atoms with Gasteiger partial charge in [0, 0.05) is 11.3 Å². The molecule has 23 heavy (non-hydrogen) atoms. The standard InChI is InChI=1S/C17H17N3O2S/c1-10(2)22-13-6-4-12(5-7-13)19-16(21)11-3-8-14-15(9-11)23-17(18)20-14/h3-10H,1-2H3,(H2,18,20)(H,19,21). The second-order valence-electron chi connectivity index (χ2n) is 5.38. The van der Waals surface area contributed by atoms with E-state index in [9.17, 15) is 4.79 Å². The van der Waals surface area contributed by atoms with Gasteiger partial charge >= 0.3 is 0 Å². The molecular formula is C17H17N3O2S. The number of fused-ring (bicyclic) bond motifs is 1. The van der Waals surface area contributed by atoms with Gasteiger partial charge in [0.25, 0.3) is 5.91 Å². The zero-order valence-electron chi connectivity index (χ0n) is 12.9. The van der Waals surface area contributed by atoms with E-state index in [4.69, 9.17) is 10.5 Å². The van der Waals surface area contributed by atoms with Crippen LogP contribution in [0.3, 0.4) is 0 Å².